The van der Waals surface area contributed by atoms with E-state index in [1.165, 1.54) is 43.0 Å². The molecular weight excluding hydrogens is 348 g/mol. The van der Waals surface area contributed by atoms with Crippen molar-refractivity contribution in [1.82, 2.24) is 15.0 Å². The second kappa shape index (κ2) is 7.43. The van der Waals surface area contributed by atoms with Crippen LogP contribution < -0.4 is 4.74 Å². The van der Waals surface area contributed by atoms with Gasteiger partial charge >= 0.3 is 0 Å². The standard InChI is InChI=1S/C17H13F2N3O2S/c1-10(18)15-8-25-17(22-15)5-16(23)11-2-12(19)4-13(3-11)24-14-6-20-9-21-7-14/h2-4,6-10H,5H2,1H3. The lowest BCUT2D eigenvalue weighted by Gasteiger charge is -2.07. The molecule has 2 aromatic heterocycles. The largest absolute Gasteiger partial charge is 0.454 e. The van der Waals surface area contributed by atoms with Crippen molar-refractivity contribution in [1.29, 1.82) is 0 Å². The van der Waals surface area contributed by atoms with Crippen LogP contribution in [0, 0.1) is 5.82 Å². The highest BCUT2D eigenvalue weighted by molar-refractivity contribution is 7.09. The number of nitrogens with zero attached hydrogens (tertiary/aromatic N) is 3. The Hall–Kier alpha value is -2.74. The van der Waals surface area contributed by atoms with Gasteiger partial charge in [-0.25, -0.2) is 23.7 Å². The lowest BCUT2D eigenvalue weighted by Crippen LogP contribution is -2.04. The van der Waals surface area contributed by atoms with E-state index in [4.69, 9.17) is 4.74 Å². The van der Waals surface area contributed by atoms with E-state index in [2.05, 4.69) is 15.0 Å². The molecule has 0 aliphatic heterocycles. The topological polar surface area (TPSA) is 65.0 Å². The zero-order valence-electron chi connectivity index (χ0n) is 13.1. The molecule has 0 bridgehead atoms. The zero-order valence-corrected chi connectivity index (χ0v) is 14.0. The van der Waals surface area contributed by atoms with Crippen molar-refractivity contribution in [3.05, 3.63) is 64.4 Å². The Labute approximate surface area is 146 Å². The van der Waals surface area contributed by atoms with Crippen molar-refractivity contribution >= 4 is 17.1 Å². The van der Waals surface area contributed by atoms with Gasteiger partial charge in [-0.1, -0.05) is 0 Å². The van der Waals surface area contributed by atoms with Crippen LogP contribution in [0.5, 0.6) is 11.5 Å². The molecule has 0 fully saturated rings. The number of ketones is 1. The number of hydrogen-bond acceptors (Lipinski definition) is 6. The molecule has 0 aliphatic rings. The molecule has 0 N–H and O–H groups in total. The molecular formula is C17H13F2N3O2S. The van der Waals surface area contributed by atoms with Crippen molar-refractivity contribution in [2.75, 3.05) is 0 Å². The van der Waals surface area contributed by atoms with Crippen LogP contribution in [0.4, 0.5) is 8.78 Å². The minimum Gasteiger partial charge on any atom is -0.454 e. The van der Waals surface area contributed by atoms with Gasteiger partial charge in [-0.15, -0.1) is 11.3 Å². The fourth-order valence-corrected chi connectivity index (χ4v) is 2.95. The smallest absolute Gasteiger partial charge is 0.169 e. The minimum atomic E-state index is -1.19. The number of ether oxygens (including phenoxy) is 1. The molecule has 128 valence electrons. The molecule has 3 aromatic rings. The third-order valence-electron chi connectivity index (χ3n) is 3.25. The number of rotatable bonds is 6. The summed E-state index contributed by atoms with van der Waals surface area (Å²) < 4.78 is 32.5. The van der Waals surface area contributed by atoms with Crippen LogP contribution >= 0.6 is 11.3 Å². The third kappa shape index (κ3) is 4.42. The molecule has 0 spiro atoms. The summed E-state index contributed by atoms with van der Waals surface area (Å²) in [5.74, 6) is -0.445. The van der Waals surface area contributed by atoms with Gasteiger partial charge in [0.25, 0.3) is 0 Å². The SMILES string of the molecule is CC(F)c1csc(CC(=O)c2cc(F)cc(Oc3cncnc3)c2)n1. The first-order valence-electron chi connectivity index (χ1n) is 7.36. The number of benzene rings is 1. The van der Waals surface area contributed by atoms with Crippen LogP contribution in [0.3, 0.4) is 0 Å². The van der Waals surface area contributed by atoms with Gasteiger partial charge in [-0.2, -0.15) is 0 Å². The van der Waals surface area contributed by atoms with Crippen molar-refractivity contribution in [2.45, 2.75) is 19.5 Å². The fraction of sp³-hybridized carbons (Fsp3) is 0.176. The number of carbonyl (C=O) groups is 1. The van der Waals surface area contributed by atoms with Gasteiger partial charge in [0.2, 0.25) is 0 Å². The minimum absolute atomic E-state index is 0.0330. The third-order valence-corrected chi connectivity index (χ3v) is 4.12. The monoisotopic (exact) mass is 361 g/mol. The Bertz CT molecular complexity index is 885. The van der Waals surface area contributed by atoms with E-state index in [1.54, 1.807) is 5.38 Å². The maximum atomic E-state index is 13.8. The summed E-state index contributed by atoms with van der Waals surface area (Å²) in [7, 11) is 0. The van der Waals surface area contributed by atoms with E-state index in [0.29, 0.717) is 16.5 Å². The van der Waals surface area contributed by atoms with Crippen molar-refractivity contribution in [3.8, 4) is 11.5 Å². The number of aromatic nitrogens is 3. The summed E-state index contributed by atoms with van der Waals surface area (Å²) in [5.41, 5.74) is 0.442. The summed E-state index contributed by atoms with van der Waals surface area (Å²) in [6, 6.07) is 3.73. The van der Waals surface area contributed by atoms with Crippen LogP contribution in [-0.4, -0.2) is 20.7 Å². The van der Waals surface area contributed by atoms with Crippen LogP contribution in [0.15, 0.2) is 42.3 Å². The number of hydrogen-bond donors (Lipinski definition) is 0. The number of carbonyl (C=O) groups excluding carboxylic acids is 1. The van der Waals surface area contributed by atoms with Crippen molar-refractivity contribution in [3.63, 3.8) is 0 Å². The quantitative estimate of drug-likeness (QED) is 0.612. The Morgan fingerprint density at radius 1 is 1.24 bits per heavy atom. The van der Waals surface area contributed by atoms with E-state index >= 15 is 0 Å². The van der Waals surface area contributed by atoms with Crippen LogP contribution in [0.1, 0.15) is 34.2 Å². The Kier molecular flexibility index (Phi) is 5.08. The molecule has 0 radical (unpaired) electrons. The predicted molar refractivity (Wildman–Crippen MR) is 88.2 cm³/mol. The molecule has 1 aromatic carbocycles. The lowest BCUT2D eigenvalue weighted by molar-refractivity contribution is 0.0992. The molecule has 8 heteroatoms. The highest BCUT2D eigenvalue weighted by Gasteiger charge is 2.15. The van der Waals surface area contributed by atoms with Crippen molar-refractivity contribution < 1.29 is 18.3 Å². The van der Waals surface area contributed by atoms with Gasteiger partial charge in [0.15, 0.2) is 11.5 Å². The molecule has 0 amide bonds. The second-order valence-electron chi connectivity index (χ2n) is 5.23. The van der Waals surface area contributed by atoms with Gasteiger partial charge in [-0.3, -0.25) is 4.79 Å². The Morgan fingerprint density at radius 3 is 2.68 bits per heavy atom. The maximum absolute atomic E-state index is 13.8. The molecule has 1 atom stereocenters. The summed E-state index contributed by atoms with van der Waals surface area (Å²) in [4.78, 5) is 24.0. The van der Waals surface area contributed by atoms with Gasteiger partial charge < -0.3 is 4.74 Å². The molecule has 5 nitrogen and oxygen atoms in total. The molecule has 25 heavy (non-hydrogen) atoms. The average molecular weight is 361 g/mol. The summed E-state index contributed by atoms with van der Waals surface area (Å²) in [5, 5.41) is 2.05. The van der Waals surface area contributed by atoms with Gasteiger partial charge in [0, 0.05) is 17.0 Å². The maximum Gasteiger partial charge on any atom is 0.169 e. The summed E-state index contributed by atoms with van der Waals surface area (Å²) >= 11 is 1.20. The van der Waals surface area contributed by atoms with Crippen molar-refractivity contribution in [2.24, 2.45) is 0 Å². The Morgan fingerprint density at radius 2 is 2.00 bits per heavy atom. The normalized spacial score (nSPS) is 12.0. The summed E-state index contributed by atoms with van der Waals surface area (Å²) in [6.45, 7) is 1.38. The van der Waals surface area contributed by atoms with Crippen LogP contribution in [-0.2, 0) is 6.42 Å². The number of halogens is 2. The molecule has 1 unspecified atom stereocenters. The molecule has 2 heterocycles. The molecule has 0 saturated heterocycles. The van der Waals surface area contributed by atoms with E-state index in [1.807, 2.05) is 0 Å². The molecule has 0 aliphatic carbocycles. The molecule has 3 rings (SSSR count). The van der Waals surface area contributed by atoms with E-state index < -0.39 is 12.0 Å². The second-order valence-corrected chi connectivity index (χ2v) is 6.18. The highest BCUT2D eigenvalue weighted by atomic mass is 32.1. The predicted octanol–water partition coefficient (Wildman–Crippen LogP) is 4.32. The van der Waals surface area contributed by atoms with E-state index in [-0.39, 0.29) is 23.5 Å². The Balaban J connectivity index is 1.77. The molecule has 0 saturated carbocycles. The number of Topliss-reactive ketones (excluding diaryl/α,β-unsaturated/α-hetero) is 1. The van der Waals surface area contributed by atoms with Gasteiger partial charge in [0.1, 0.15) is 29.1 Å². The van der Waals surface area contributed by atoms with Gasteiger partial charge in [-0.05, 0) is 19.1 Å². The van der Waals surface area contributed by atoms with E-state index in [9.17, 15) is 13.6 Å². The van der Waals surface area contributed by atoms with Crippen LogP contribution in [0.2, 0.25) is 0 Å². The summed E-state index contributed by atoms with van der Waals surface area (Å²) in [6.07, 6.45) is 2.97. The first-order chi connectivity index (χ1) is 12.0. The first kappa shape index (κ1) is 17.1. The fourth-order valence-electron chi connectivity index (χ4n) is 2.09. The van der Waals surface area contributed by atoms with Gasteiger partial charge in [0.05, 0.1) is 24.5 Å². The van der Waals surface area contributed by atoms with Crippen LogP contribution in [0.25, 0.3) is 0 Å². The number of thiazole rings is 1. The zero-order chi connectivity index (χ0) is 17.8. The highest BCUT2D eigenvalue weighted by Crippen LogP contribution is 2.24. The van der Waals surface area contributed by atoms with E-state index in [0.717, 1.165) is 12.1 Å². The first-order valence-corrected chi connectivity index (χ1v) is 8.24. The average Bonchev–Trinajstić information content (AvgIpc) is 3.04. The lowest BCUT2D eigenvalue weighted by atomic mass is 10.1. The number of alkyl halides is 1.